The lowest BCUT2D eigenvalue weighted by Gasteiger charge is -2.07. The third-order valence-corrected chi connectivity index (χ3v) is 4.02. The van der Waals surface area contributed by atoms with Gasteiger partial charge in [-0.15, -0.1) is 0 Å². The first kappa shape index (κ1) is 16.1. The SMILES string of the molecule is O=C(NCCc1c[nH]c2ccccc12)OCCCc1ccccc1. The number of amides is 1. The zero-order chi connectivity index (χ0) is 16.6. The number of alkyl carbamates (subject to hydrolysis) is 1. The fraction of sp³-hybridized carbons (Fsp3) is 0.250. The van der Waals surface area contributed by atoms with Crippen molar-refractivity contribution < 1.29 is 9.53 Å². The first-order valence-corrected chi connectivity index (χ1v) is 8.32. The van der Waals surface area contributed by atoms with E-state index in [-0.39, 0.29) is 6.09 Å². The maximum atomic E-state index is 11.7. The van der Waals surface area contributed by atoms with Crippen molar-refractivity contribution in [2.24, 2.45) is 0 Å². The number of aromatic nitrogens is 1. The number of H-pyrrole nitrogens is 1. The minimum Gasteiger partial charge on any atom is -0.450 e. The monoisotopic (exact) mass is 322 g/mol. The van der Waals surface area contributed by atoms with Crippen LogP contribution in [-0.4, -0.2) is 24.2 Å². The van der Waals surface area contributed by atoms with Crippen LogP contribution >= 0.6 is 0 Å². The van der Waals surface area contributed by atoms with Crippen LogP contribution < -0.4 is 5.32 Å². The summed E-state index contributed by atoms with van der Waals surface area (Å²) in [6.07, 6.45) is 4.19. The van der Waals surface area contributed by atoms with Crippen molar-refractivity contribution in [2.75, 3.05) is 13.2 Å². The highest BCUT2D eigenvalue weighted by Gasteiger charge is 2.05. The third kappa shape index (κ3) is 4.38. The molecule has 0 aliphatic carbocycles. The molecule has 3 rings (SSSR count). The minimum absolute atomic E-state index is 0.345. The molecule has 4 heteroatoms. The smallest absolute Gasteiger partial charge is 0.407 e. The average Bonchev–Trinajstić information content (AvgIpc) is 3.03. The van der Waals surface area contributed by atoms with Crippen molar-refractivity contribution in [2.45, 2.75) is 19.3 Å². The van der Waals surface area contributed by atoms with Gasteiger partial charge in [-0.3, -0.25) is 0 Å². The second-order valence-electron chi connectivity index (χ2n) is 5.76. The van der Waals surface area contributed by atoms with Gasteiger partial charge in [-0.2, -0.15) is 0 Å². The van der Waals surface area contributed by atoms with Crippen molar-refractivity contribution in [1.82, 2.24) is 10.3 Å². The van der Waals surface area contributed by atoms with E-state index in [0.29, 0.717) is 13.2 Å². The number of benzene rings is 2. The van der Waals surface area contributed by atoms with E-state index in [2.05, 4.69) is 28.5 Å². The van der Waals surface area contributed by atoms with Gasteiger partial charge in [-0.25, -0.2) is 4.79 Å². The normalized spacial score (nSPS) is 10.7. The third-order valence-electron chi connectivity index (χ3n) is 4.02. The lowest BCUT2D eigenvalue weighted by molar-refractivity contribution is 0.145. The summed E-state index contributed by atoms with van der Waals surface area (Å²) in [4.78, 5) is 14.9. The molecule has 4 nitrogen and oxygen atoms in total. The van der Waals surface area contributed by atoms with Crippen LogP contribution in [0.25, 0.3) is 10.9 Å². The van der Waals surface area contributed by atoms with Gasteiger partial charge in [0.15, 0.2) is 0 Å². The molecular formula is C20H22N2O2. The van der Waals surface area contributed by atoms with Crippen LogP contribution in [0, 0.1) is 0 Å². The summed E-state index contributed by atoms with van der Waals surface area (Å²) in [6, 6.07) is 18.4. The number of nitrogens with one attached hydrogen (secondary N) is 2. The summed E-state index contributed by atoms with van der Waals surface area (Å²) in [7, 11) is 0. The molecule has 0 radical (unpaired) electrons. The summed E-state index contributed by atoms with van der Waals surface area (Å²) in [6.45, 7) is 1.01. The average molecular weight is 322 g/mol. The molecular weight excluding hydrogens is 300 g/mol. The van der Waals surface area contributed by atoms with E-state index in [1.165, 1.54) is 16.5 Å². The molecule has 0 fully saturated rings. The number of hydrogen-bond donors (Lipinski definition) is 2. The Morgan fingerprint density at radius 2 is 1.79 bits per heavy atom. The van der Waals surface area contributed by atoms with Crippen LogP contribution in [0.3, 0.4) is 0 Å². The van der Waals surface area contributed by atoms with Gasteiger partial charge in [0.05, 0.1) is 6.61 Å². The quantitative estimate of drug-likeness (QED) is 0.644. The number of aromatic amines is 1. The van der Waals surface area contributed by atoms with Crippen LogP contribution in [-0.2, 0) is 17.6 Å². The van der Waals surface area contributed by atoms with E-state index >= 15 is 0 Å². The van der Waals surface area contributed by atoms with Crippen LogP contribution in [0.4, 0.5) is 4.79 Å². The highest BCUT2D eigenvalue weighted by atomic mass is 16.5. The number of rotatable bonds is 7. The molecule has 1 aromatic heterocycles. The molecule has 0 saturated heterocycles. The van der Waals surface area contributed by atoms with Gasteiger partial charge in [0.1, 0.15) is 0 Å². The van der Waals surface area contributed by atoms with E-state index in [0.717, 1.165) is 24.8 Å². The molecule has 1 heterocycles. The number of carbonyl (C=O) groups excluding carboxylic acids is 1. The van der Waals surface area contributed by atoms with Gasteiger partial charge >= 0.3 is 6.09 Å². The lowest BCUT2D eigenvalue weighted by atomic mass is 10.1. The molecule has 0 unspecified atom stereocenters. The molecule has 0 spiro atoms. The number of hydrogen-bond acceptors (Lipinski definition) is 2. The summed E-state index contributed by atoms with van der Waals surface area (Å²) in [5.74, 6) is 0. The Morgan fingerprint density at radius 3 is 2.67 bits per heavy atom. The Hall–Kier alpha value is -2.75. The maximum Gasteiger partial charge on any atom is 0.407 e. The number of fused-ring (bicyclic) bond motifs is 1. The molecule has 1 amide bonds. The van der Waals surface area contributed by atoms with Gasteiger partial charge in [0.25, 0.3) is 0 Å². The van der Waals surface area contributed by atoms with E-state index in [9.17, 15) is 4.79 Å². The Balaban J connectivity index is 1.34. The first-order chi connectivity index (χ1) is 11.8. The van der Waals surface area contributed by atoms with Crippen molar-refractivity contribution in [1.29, 1.82) is 0 Å². The number of aryl methyl sites for hydroxylation is 1. The summed E-state index contributed by atoms with van der Waals surface area (Å²) < 4.78 is 5.21. The first-order valence-electron chi connectivity index (χ1n) is 8.32. The van der Waals surface area contributed by atoms with Gasteiger partial charge in [-0.05, 0) is 36.5 Å². The molecule has 24 heavy (non-hydrogen) atoms. The number of para-hydroxylation sites is 1. The second-order valence-corrected chi connectivity index (χ2v) is 5.76. The highest BCUT2D eigenvalue weighted by Crippen LogP contribution is 2.17. The standard InChI is InChI=1S/C20H22N2O2/c23-20(24-14-6-9-16-7-2-1-3-8-16)21-13-12-17-15-22-19-11-5-4-10-18(17)19/h1-5,7-8,10-11,15,22H,6,9,12-14H2,(H,21,23). The minimum atomic E-state index is -0.345. The number of ether oxygens (including phenoxy) is 1. The molecule has 0 atom stereocenters. The molecule has 0 aliphatic rings. The van der Waals surface area contributed by atoms with E-state index in [1.54, 1.807) is 0 Å². The van der Waals surface area contributed by atoms with Gasteiger partial charge in [0, 0.05) is 23.6 Å². The van der Waals surface area contributed by atoms with E-state index in [4.69, 9.17) is 4.74 Å². The Labute approximate surface area is 141 Å². The van der Waals surface area contributed by atoms with Gasteiger partial charge < -0.3 is 15.0 Å². The predicted octanol–water partition coefficient (Wildman–Crippen LogP) is 4.07. The van der Waals surface area contributed by atoms with Crippen LogP contribution in [0.5, 0.6) is 0 Å². The molecule has 0 aliphatic heterocycles. The van der Waals surface area contributed by atoms with Gasteiger partial charge in [-0.1, -0.05) is 48.5 Å². The molecule has 3 aromatic rings. The molecule has 124 valence electrons. The van der Waals surface area contributed by atoms with Crippen molar-refractivity contribution in [3.8, 4) is 0 Å². The molecule has 2 N–H and O–H groups in total. The Morgan fingerprint density at radius 1 is 1.00 bits per heavy atom. The van der Waals surface area contributed by atoms with Gasteiger partial charge in [0.2, 0.25) is 0 Å². The summed E-state index contributed by atoms with van der Waals surface area (Å²) in [5, 5.41) is 4.01. The number of carbonyl (C=O) groups is 1. The lowest BCUT2D eigenvalue weighted by Crippen LogP contribution is -2.26. The zero-order valence-electron chi connectivity index (χ0n) is 13.6. The summed E-state index contributed by atoms with van der Waals surface area (Å²) in [5.41, 5.74) is 3.59. The largest absolute Gasteiger partial charge is 0.450 e. The van der Waals surface area contributed by atoms with Crippen LogP contribution in [0.15, 0.2) is 60.8 Å². The maximum absolute atomic E-state index is 11.7. The van der Waals surface area contributed by atoms with E-state index in [1.807, 2.05) is 42.6 Å². The van der Waals surface area contributed by atoms with Crippen molar-refractivity contribution in [3.05, 3.63) is 71.9 Å². The summed E-state index contributed by atoms with van der Waals surface area (Å²) >= 11 is 0. The van der Waals surface area contributed by atoms with Crippen LogP contribution in [0.1, 0.15) is 17.5 Å². The molecule has 2 aromatic carbocycles. The molecule has 0 saturated carbocycles. The fourth-order valence-corrected chi connectivity index (χ4v) is 2.77. The van der Waals surface area contributed by atoms with Crippen LogP contribution in [0.2, 0.25) is 0 Å². The predicted molar refractivity (Wildman–Crippen MR) is 96.1 cm³/mol. The second kappa shape index (κ2) is 8.20. The fourth-order valence-electron chi connectivity index (χ4n) is 2.77. The Kier molecular flexibility index (Phi) is 5.51. The highest BCUT2D eigenvalue weighted by molar-refractivity contribution is 5.83. The van der Waals surface area contributed by atoms with Crippen molar-refractivity contribution >= 4 is 17.0 Å². The Bertz CT molecular complexity index is 780. The molecule has 0 bridgehead atoms. The van der Waals surface area contributed by atoms with E-state index < -0.39 is 0 Å². The van der Waals surface area contributed by atoms with Crippen molar-refractivity contribution in [3.63, 3.8) is 0 Å². The topological polar surface area (TPSA) is 54.1 Å². The zero-order valence-corrected chi connectivity index (χ0v) is 13.6.